The van der Waals surface area contributed by atoms with Gasteiger partial charge in [0.1, 0.15) is 5.75 Å². The number of aromatic hydroxyl groups is 1. The van der Waals surface area contributed by atoms with Crippen molar-refractivity contribution in [1.82, 2.24) is 5.43 Å². The van der Waals surface area contributed by atoms with Gasteiger partial charge in [-0.2, -0.15) is 5.10 Å². The molecule has 26 heavy (non-hydrogen) atoms. The summed E-state index contributed by atoms with van der Waals surface area (Å²) < 4.78 is 11.0. The highest BCUT2D eigenvalue weighted by Gasteiger charge is 2.19. The number of hydrogen-bond donors (Lipinski definition) is 2. The van der Waals surface area contributed by atoms with Crippen LogP contribution in [0.1, 0.15) is 5.56 Å². The topological polar surface area (TPSA) is 123 Å². The number of hydrogen-bond acceptors (Lipinski definition) is 7. The standard InChI is InChI=1S/C16H14BrN3O6/c1-25-14-6-10(5-13(16(14)22)20(23)24)8-18-19-15(21)9-26-12-4-2-3-11(17)7-12/h2-8,22H,9H2,1H3,(H,19,21)/b18-8+. The van der Waals surface area contributed by atoms with Crippen LogP contribution >= 0.6 is 15.9 Å². The van der Waals surface area contributed by atoms with Gasteiger partial charge in [-0.3, -0.25) is 14.9 Å². The van der Waals surface area contributed by atoms with E-state index < -0.39 is 22.3 Å². The lowest BCUT2D eigenvalue weighted by Crippen LogP contribution is -2.24. The second-order valence-electron chi connectivity index (χ2n) is 4.89. The molecule has 2 N–H and O–H groups in total. The zero-order valence-electron chi connectivity index (χ0n) is 13.5. The molecule has 0 aliphatic rings. The third-order valence-corrected chi connectivity index (χ3v) is 3.56. The first kappa shape index (κ1) is 19.2. The zero-order valence-corrected chi connectivity index (χ0v) is 15.1. The molecule has 0 aliphatic carbocycles. The predicted octanol–water partition coefficient (Wildman–Crippen LogP) is 2.60. The van der Waals surface area contributed by atoms with E-state index in [0.717, 1.165) is 10.5 Å². The lowest BCUT2D eigenvalue weighted by molar-refractivity contribution is -0.386. The number of methoxy groups -OCH3 is 1. The SMILES string of the molecule is COc1cc(/C=N/NC(=O)COc2cccc(Br)c2)cc([N+](=O)[O-])c1O. The van der Waals surface area contributed by atoms with Crippen LogP contribution in [0.3, 0.4) is 0 Å². The third kappa shape index (κ3) is 5.18. The molecule has 0 aliphatic heterocycles. The van der Waals surface area contributed by atoms with E-state index in [2.05, 4.69) is 26.5 Å². The van der Waals surface area contributed by atoms with Gasteiger partial charge in [-0.25, -0.2) is 5.43 Å². The molecule has 9 nitrogen and oxygen atoms in total. The summed E-state index contributed by atoms with van der Waals surface area (Å²) in [5, 5.41) is 24.3. The fraction of sp³-hybridized carbons (Fsp3) is 0.125. The summed E-state index contributed by atoms with van der Waals surface area (Å²) in [6, 6.07) is 9.44. The Labute approximate surface area is 156 Å². The second-order valence-corrected chi connectivity index (χ2v) is 5.80. The number of carbonyl (C=O) groups is 1. The zero-order chi connectivity index (χ0) is 19.1. The number of amides is 1. The average Bonchev–Trinajstić information content (AvgIpc) is 2.61. The molecule has 0 unspecified atom stereocenters. The van der Waals surface area contributed by atoms with Gasteiger partial charge in [0.25, 0.3) is 5.91 Å². The predicted molar refractivity (Wildman–Crippen MR) is 96.7 cm³/mol. The summed E-state index contributed by atoms with van der Waals surface area (Å²) in [5.41, 5.74) is 1.97. The quantitative estimate of drug-likeness (QED) is 0.400. The first-order chi connectivity index (χ1) is 12.4. The maximum absolute atomic E-state index is 11.7. The van der Waals surface area contributed by atoms with Gasteiger partial charge < -0.3 is 14.6 Å². The molecular formula is C16H14BrN3O6. The van der Waals surface area contributed by atoms with Gasteiger partial charge in [-0.05, 0) is 24.3 Å². The van der Waals surface area contributed by atoms with Crippen molar-refractivity contribution in [2.75, 3.05) is 13.7 Å². The second kappa shape index (κ2) is 8.81. The van der Waals surface area contributed by atoms with Crippen LogP contribution in [0, 0.1) is 10.1 Å². The van der Waals surface area contributed by atoms with E-state index in [0.29, 0.717) is 5.75 Å². The highest BCUT2D eigenvalue weighted by atomic mass is 79.9. The van der Waals surface area contributed by atoms with Crippen molar-refractivity contribution in [2.24, 2.45) is 5.10 Å². The fourth-order valence-corrected chi connectivity index (χ4v) is 2.28. The van der Waals surface area contributed by atoms with Gasteiger partial charge >= 0.3 is 5.69 Å². The van der Waals surface area contributed by atoms with E-state index in [-0.39, 0.29) is 17.9 Å². The van der Waals surface area contributed by atoms with Crippen LogP contribution in [0.4, 0.5) is 5.69 Å². The number of benzene rings is 2. The Morgan fingerprint density at radius 1 is 1.42 bits per heavy atom. The Balaban J connectivity index is 1.98. The number of nitrogens with zero attached hydrogens (tertiary/aromatic N) is 2. The summed E-state index contributed by atoms with van der Waals surface area (Å²) >= 11 is 3.29. The summed E-state index contributed by atoms with van der Waals surface area (Å²) in [6.45, 7) is -0.257. The largest absolute Gasteiger partial charge is 0.500 e. The van der Waals surface area contributed by atoms with Crippen LogP contribution in [0.5, 0.6) is 17.2 Å². The molecule has 0 fully saturated rings. The van der Waals surface area contributed by atoms with Gasteiger partial charge in [-0.1, -0.05) is 22.0 Å². The Morgan fingerprint density at radius 3 is 2.85 bits per heavy atom. The lowest BCUT2D eigenvalue weighted by Gasteiger charge is -2.06. The highest BCUT2D eigenvalue weighted by Crippen LogP contribution is 2.36. The molecule has 0 saturated heterocycles. The van der Waals surface area contributed by atoms with Crippen LogP contribution in [0.15, 0.2) is 46.0 Å². The molecule has 2 aromatic carbocycles. The molecule has 0 heterocycles. The van der Waals surface area contributed by atoms with Crippen LogP contribution in [0.2, 0.25) is 0 Å². The van der Waals surface area contributed by atoms with Crippen molar-refractivity contribution in [2.45, 2.75) is 0 Å². The maximum Gasteiger partial charge on any atom is 0.315 e. The van der Waals surface area contributed by atoms with E-state index in [1.54, 1.807) is 18.2 Å². The van der Waals surface area contributed by atoms with Gasteiger partial charge in [0.15, 0.2) is 12.4 Å². The number of carbonyl (C=O) groups excluding carboxylic acids is 1. The van der Waals surface area contributed by atoms with Gasteiger partial charge in [0.2, 0.25) is 5.75 Å². The Morgan fingerprint density at radius 2 is 2.19 bits per heavy atom. The Kier molecular flexibility index (Phi) is 6.50. The Hall–Kier alpha value is -3.14. The van der Waals surface area contributed by atoms with Crippen molar-refractivity contribution < 1.29 is 24.3 Å². The number of nitrogens with one attached hydrogen (secondary N) is 1. The first-order valence-electron chi connectivity index (χ1n) is 7.16. The molecule has 0 atom stereocenters. The molecule has 0 saturated carbocycles. The number of nitro groups is 1. The smallest absolute Gasteiger partial charge is 0.315 e. The number of rotatable bonds is 7. The van der Waals surface area contributed by atoms with Gasteiger partial charge in [0, 0.05) is 16.1 Å². The Bertz CT molecular complexity index is 856. The molecule has 2 aromatic rings. The van der Waals surface area contributed by atoms with E-state index in [9.17, 15) is 20.0 Å². The molecule has 2 rings (SSSR count). The summed E-state index contributed by atoms with van der Waals surface area (Å²) in [4.78, 5) is 21.9. The highest BCUT2D eigenvalue weighted by molar-refractivity contribution is 9.10. The lowest BCUT2D eigenvalue weighted by atomic mass is 10.2. The van der Waals surface area contributed by atoms with E-state index in [1.807, 2.05) is 6.07 Å². The van der Waals surface area contributed by atoms with E-state index >= 15 is 0 Å². The van der Waals surface area contributed by atoms with Crippen LogP contribution in [-0.4, -0.2) is 35.9 Å². The third-order valence-electron chi connectivity index (χ3n) is 3.06. The number of hydrazone groups is 1. The maximum atomic E-state index is 11.7. The van der Waals surface area contributed by atoms with Crippen molar-refractivity contribution in [1.29, 1.82) is 0 Å². The molecule has 0 radical (unpaired) electrons. The van der Waals surface area contributed by atoms with E-state index in [4.69, 9.17) is 9.47 Å². The molecule has 0 bridgehead atoms. The van der Waals surface area contributed by atoms with Crippen molar-refractivity contribution in [3.8, 4) is 17.2 Å². The summed E-state index contributed by atoms with van der Waals surface area (Å²) in [5.74, 6) is -0.662. The molecule has 0 spiro atoms. The molecular weight excluding hydrogens is 410 g/mol. The van der Waals surface area contributed by atoms with Crippen LogP contribution in [0.25, 0.3) is 0 Å². The van der Waals surface area contributed by atoms with Crippen LogP contribution < -0.4 is 14.9 Å². The van der Waals surface area contributed by atoms with E-state index in [1.165, 1.54) is 19.4 Å². The van der Waals surface area contributed by atoms with Crippen LogP contribution in [-0.2, 0) is 4.79 Å². The number of phenolic OH excluding ortho intramolecular Hbond substituents is 1. The number of nitro benzene ring substituents is 1. The first-order valence-corrected chi connectivity index (χ1v) is 7.95. The number of phenols is 1. The summed E-state index contributed by atoms with van der Waals surface area (Å²) in [6.07, 6.45) is 1.19. The molecule has 136 valence electrons. The number of halogens is 1. The minimum atomic E-state index is -0.750. The van der Waals surface area contributed by atoms with Gasteiger partial charge in [0.05, 0.1) is 18.2 Å². The van der Waals surface area contributed by atoms with Crippen molar-refractivity contribution >= 4 is 33.7 Å². The minimum Gasteiger partial charge on any atom is -0.500 e. The fourth-order valence-electron chi connectivity index (χ4n) is 1.90. The minimum absolute atomic E-state index is 0.0787. The number of ether oxygens (including phenoxy) is 2. The van der Waals surface area contributed by atoms with Crippen molar-refractivity contribution in [3.63, 3.8) is 0 Å². The van der Waals surface area contributed by atoms with Gasteiger partial charge in [-0.15, -0.1) is 0 Å². The average molecular weight is 424 g/mol. The molecule has 0 aromatic heterocycles. The van der Waals surface area contributed by atoms with Crippen molar-refractivity contribution in [3.05, 3.63) is 56.5 Å². The molecule has 1 amide bonds. The molecule has 10 heteroatoms. The monoisotopic (exact) mass is 423 g/mol. The normalized spacial score (nSPS) is 10.5. The summed E-state index contributed by atoms with van der Waals surface area (Å²) in [7, 11) is 1.26.